The van der Waals surface area contributed by atoms with Gasteiger partial charge < -0.3 is 4.98 Å². The molecule has 0 aliphatic heterocycles. The Hall–Kier alpha value is -2.35. The Bertz CT molecular complexity index is 684. The van der Waals surface area contributed by atoms with Gasteiger partial charge in [-0.3, -0.25) is 0 Å². The Kier molecular flexibility index (Phi) is 4.15. The number of rotatable bonds is 5. The number of hydrogen-bond donors (Lipinski definition) is 1. The van der Waals surface area contributed by atoms with Crippen LogP contribution in [0.15, 0.2) is 60.7 Å². The number of nitrogens with zero attached hydrogens (tertiary/aromatic N) is 1. The van der Waals surface area contributed by atoms with Gasteiger partial charge in [-0.2, -0.15) is 0 Å². The number of nitrogens with one attached hydrogen (secondary N) is 1. The van der Waals surface area contributed by atoms with Gasteiger partial charge in [0.2, 0.25) is 0 Å². The molecular formula is C19H20N2. The summed E-state index contributed by atoms with van der Waals surface area (Å²) in [5.74, 6) is 0.959. The highest BCUT2D eigenvalue weighted by molar-refractivity contribution is 5.67. The Morgan fingerprint density at radius 2 is 1.48 bits per heavy atom. The van der Waals surface area contributed by atoms with Crippen molar-refractivity contribution in [1.29, 1.82) is 0 Å². The van der Waals surface area contributed by atoms with E-state index < -0.39 is 0 Å². The number of aromatic nitrogens is 2. The van der Waals surface area contributed by atoms with Crippen LogP contribution in [0.1, 0.15) is 25.5 Å². The maximum Gasteiger partial charge on any atom is 0.138 e. The Labute approximate surface area is 125 Å². The van der Waals surface area contributed by atoms with E-state index in [0.717, 1.165) is 23.5 Å². The van der Waals surface area contributed by atoms with E-state index in [1.807, 2.05) is 24.3 Å². The van der Waals surface area contributed by atoms with Crippen LogP contribution < -0.4 is 0 Å². The molecule has 0 radical (unpaired) electrons. The zero-order chi connectivity index (χ0) is 14.5. The molecule has 1 aromatic heterocycles. The SMILES string of the molecule is CCCCc1[nH]c(-c2ccccc2)nc1-c1ccccc1. The third-order valence-corrected chi connectivity index (χ3v) is 3.65. The molecule has 21 heavy (non-hydrogen) atoms. The number of aryl methyl sites for hydroxylation is 1. The van der Waals surface area contributed by atoms with Crippen molar-refractivity contribution in [2.75, 3.05) is 0 Å². The molecule has 0 atom stereocenters. The lowest BCUT2D eigenvalue weighted by atomic mass is 10.1. The summed E-state index contributed by atoms with van der Waals surface area (Å²) in [5.41, 5.74) is 4.64. The average Bonchev–Trinajstić information content (AvgIpc) is 2.99. The minimum atomic E-state index is 0.959. The van der Waals surface area contributed by atoms with Crippen molar-refractivity contribution < 1.29 is 0 Å². The summed E-state index contributed by atoms with van der Waals surface area (Å²) in [6.45, 7) is 2.22. The molecule has 0 saturated carbocycles. The Morgan fingerprint density at radius 1 is 0.857 bits per heavy atom. The molecule has 2 nitrogen and oxygen atoms in total. The standard InChI is InChI=1S/C19H20N2/c1-2-3-14-17-18(15-10-6-4-7-11-15)21-19(20-17)16-12-8-5-9-13-16/h4-13H,2-3,14H2,1H3,(H,20,21). The molecule has 2 heteroatoms. The zero-order valence-corrected chi connectivity index (χ0v) is 12.3. The first-order valence-electron chi connectivity index (χ1n) is 7.58. The third kappa shape index (κ3) is 3.05. The quantitative estimate of drug-likeness (QED) is 0.691. The molecule has 2 aromatic carbocycles. The van der Waals surface area contributed by atoms with Crippen molar-refractivity contribution in [3.05, 3.63) is 66.4 Å². The molecule has 0 saturated heterocycles. The van der Waals surface area contributed by atoms with Gasteiger partial charge in [0.05, 0.1) is 5.69 Å². The molecule has 0 unspecified atom stereocenters. The Morgan fingerprint density at radius 3 is 2.10 bits per heavy atom. The van der Waals surface area contributed by atoms with Crippen LogP contribution in [0.3, 0.4) is 0 Å². The lowest BCUT2D eigenvalue weighted by Gasteiger charge is -2.01. The minimum absolute atomic E-state index is 0.959. The van der Waals surface area contributed by atoms with Crippen molar-refractivity contribution >= 4 is 0 Å². The fourth-order valence-corrected chi connectivity index (χ4v) is 2.51. The van der Waals surface area contributed by atoms with E-state index in [-0.39, 0.29) is 0 Å². The van der Waals surface area contributed by atoms with E-state index in [2.05, 4.69) is 48.3 Å². The normalized spacial score (nSPS) is 10.7. The minimum Gasteiger partial charge on any atom is -0.341 e. The molecule has 0 fully saturated rings. The molecule has 0 bridgehead atoms. The molecule has 0 aliphatic carbocycles. The van der Waals surface area contributed by atoms with Crippen molar-refractivity contribution in [3.8, 4) is 22.6 Å². The summed E-state index contributed by atoms with van der Waals surface area (Å²) in [6.07, 6.45) is 3.41. The van der Waals surface area contributed by atoms with E-state index in [0.29, 0.717) is 0 Å². The first-order valence-corrected chi connectivity index (χ1v) is 7.58. The van der Waals surface area contributed by atoms with Gasteiger partial charge in [-0.15, -0.1) is 0 Å². The summed E-state index contributed by atoms with van der Waals surface area (Å²) in [6, 6.07) is 20.7. The summed E-state index contributed by atoms with van der Waals surface area (Å²) in [5, 5.41) is 0. The van der Waals surface area contributed by atoms with Gasteiger partial charge in [-0.25, -0.2) is 4.98 Å². The first kappa shape index (κ1) is 13.6. The van der Waals surface area contributed by atoms with Crippen molar-refractivity contribution in [2.24, 2.45) is 0 Å². The summed E-state index contributed by atoms with van der Waals surface area (Å²) >= 11 is 0. The van der Waals surface area contributed by atoms with Crippen LogP contribution in [-0.2, 0) is 6.42 Å². The largest absolute Gasteiger partial charge is 0.341 e. The topological polar surface area (TPSA) is 28.7 Å². The summed E-state index contributed by atoms with van der Waals surface area (Å²) in [7, 11) is 0. The second-order valence-electron chi connectivity index (χ2n) is 5.25. The number of hydrogen-bond acceptors (Lipinski definition) is 1. The highest BCUT2D eigenvalue weighted by Crippen LogP contribution is 2.26. The predicted molar refractivity (Wildman–Crippen MR) is 88.1 cm³/mol. The molecular weight excluding hydrogens is 256 g/mol. The number of aromatic amines is 1. The van der Waals surface area contributed by atoms with Crippen LogP contribution in [-0.4, -0.2) is 9.97 Å². The number of H-pyrrole nitrogens is 1. The molecule has 1 heterocycles. The molecule has 0 spiro atoms. The Balaban J connectivity index is 2.03. The molecule has 0 aliphatic rings. The van der Waals surface area contributed by atoms with Crippen LogP contribution in [0.25, 0.3) is 22.6 Å². The van der Waals surface area contributed by atoms with Gasteiger partial charge >= 0.3 is 0 Å². The van der Waals surface area contributed by atoms with Crippen molar-refractivity contribution in [2.45, 2.75) is 26.2 Å². The highest BCUT2D eigenvalue weighted by Gasteiger charge is 2.12. The molecule has 0 amide bonds. The third-order valence-electron chi connectivity index (χ3n) is 3.65. The number of benzene rings is 2. The number of unbranched alkanes of at least 4 members (excludes halogenated alkanes) is 1. The molecule has 1 N–H and O–H groups in total. The molecule has 106 valence electrons. The van der Waals surface area contributed by atoms with Gasteiger partial charge in [-0.1, -0.05) is 74.0 Å². The van der Waals surface area contributed by atoms with E-state index in [1.165, 1.54) is 24.1 Å². The summed E-state index contributed by atoms with van der Waals surface area (Å²) < 4.78 is 0. The maximum atomic E-state index is 4.85. The van der Waals surface area contributed by atoms with Gasteiger partial charge in [0.25, 0.3) is 0 Å². The first-order chi connectivity index (χ1) is 10.4. The van der Waals surface area contributed by atoms with Gasteiger partial charge in [0, 0.05) is 16.8 Å². The van der Waals surface area contributed by atoms with E-state index in [1.54, 1.807) is 0 Å². The predicted octanol–water partition coefficient (Wildman–Crippen LogP) is 5.09. The molecule has 3 rings (SSSR count). The second-order valence-corrected chi connectivity index (χ2v) is 5.25. The smallest absolute Gasteiger partial charge is 0.138 e. The monoisotopic (exact) mass is 276 g/mol. The fourth-order valence-electron chi connectivity index (χ4n) is 2.51. The maximum absolute atomic E-state index is 4.85. The van der Waals surface area contributed by atoms with Gasteiger partial charge in [-0.05, 0) is 12.8 Å². The van der Waals surface area contributed by atoms with Gasteiger partial charge in [0.15, 0.2) is 0 Å². The van der Waals surface area contributed by atoms with Crippen LogP contribution in [0.5, 0.6) is 0 Å². The average molecular weight is 276 g/mol. The second kappa shape index (κ2) is 6.40. The highest BCUT2D eigenvalue weighted by atomic mass is 14.9. The lowest BCUT2D eigenvalue weighted by molar-refractivity contribution is 0.782. The van der Waals surface area contributed by atoms with E-state index in [9.17, 15) is 0 Å². The van der Waals surface area contributed by atoms with E-state index in [4.69, 9.17) is 4.98 Å². The van der Waals surface area contributed by atoms with Crippen LogP contribution in [0.2, 0.25) is 0 Å². The van der Waals surface area contributed by atoms with Crippen LogP contribution in [0.4, 0.5) is 0 Å². The van der Waals surface area contributed by atoms with Crippen molar-refractivity contribution in [1.82, 2.24) is 9.97 Å². The van der Waals surface area contributed by atoms with Crippen LogP contribution >= 0.6 is 0 Å². The van der Waals surface area contributed by atoms with Crippen LogP contribution in [0, 0.1) is 0 Å². The number of imidazole rings is 1. The summed E-state index contributed by atoms with van der Waals surface area (Å²) in [4.78, 5) is 8.37. The molecule has 3 aromatic rings. The zero-order valence-electron chi connectivity index (χ0n) is 12.3. The van der Waals surface area contributed by atoms with Crippen molar-refractivity contribution in [3.63, 3.8) is 0 Å². The lowest BCUT2D eigenvalue weighted by Crippen LogP contribution is -1.89. The van der Waals surface area contributed by atoms with E-state index >= 15 is 0 Å². The van der Waals surface area contributed by atoms with Gasteiger partial charge in [0.1, 0.15) is 5.82 Å². The fraction of sp³-hybridized carbons (Fsp3) is 0.211.